The standard InChI is InChI=1S/C9H20O2/c1-5-8(11-6-2)9(3,4)7-10/h8,10H,5-7H2,1-4H3. The molecule has 0 aromatic rings. The molecule has 0 aromatic carbocycles. The lowest BCUT2D eigenvalue weighted by molar-refractivity contribution is -0.0456. The Bertz CT molecular complexity index is 99.7. The van der Waals surface area contributed by atoms with E-state index < -0.39 is 0 Å². The maximum atomic E-state index is 9.04. The van der Waals surface area contributed by atoms with E-state index in [9.17, 15) is 0 Å². The molecule has 1 atom stereocenters. The fourth-order valence-electron chi connectivity index (χ4n) is 1.20. The van der Waals surface area contributed by atoms with Gasteiger partial charge >= 0.3 is 0 Å². The Morgan fingerprint density at radius 2 is 1.91 bits per heavy atom. The minimum Gasteiger partial charge on any atom is -0.396 e. The summed E-state index contributed by atoms with van der Waals surface area (Å²) in [5.74, 6) is 0. The van der Waals surface area contributed by atoms with Crippen molar-refractivity contribution in [1.82, 2.24) is 0 Å². The molecule has 2 nitrogen and oxygen atoms in total. The molecule has 0 aromatic heterocycles. The predicted molar refractivity (Wildman–Crippen MR) is 46.6 cm³/mol. The van der Waals surface area contributed by atoms with Gasteiger partial charge in [-0.15, -0.1) is 0 Å². The molecule has 0 fully saturated rings. The molecule has 1 N–H and O–H groups in total. The molecule has 0 spiro atoms. The van der Waals surface area contributed by atoms with Crippen LogP contribution in [0.15, 0.2) is 0 Å². The van der Waals surface area contributed by atoms with Gasteiger partial charge in [0.05, 0.1) is 12.7 Å². The smallest absolute Gasteiger partial charge is 0.0645 e. The number of hydrogen-bond acceptors (Lipinski definition) is 2. The summed E-state index contributed by atoms with van der Waals surface area (Å²) in [4.78, 5) is 0. The first-order chi connectivity index (χ1) is 5.08. The minimum absolute atomic E-state index is 0.106. The summed E-state index contributed by atoms with van der Waals surface area (Å²) in [5.41, 5.74) is -0.106. The Labute approximate surface area is 69.6 Å². The van der Waals surface area contributed by atoms with Crippen molar-refractivity contribution in [3.05, 3.63) is 0 Å². The monoisotopic (exact) mass is 160 g/mol. The van der Waals surface area contributed by atoms with E-state index in [0.29, 0.717) is 0 Å². The van der Waals surface area contributed by atoms with E-state index in [4.69, 9.17) is 9.84 Å². The van der Waals surface area contributed by atoms with E-state index >= 15 is 0 Å². The van der Waals surface area contributed by atoms with Crippen LogP contribution in [0.3, 0.4) is 0 Å². The molecule has 0 aliphatic carbocycles. The Kier molecular flexibility index (Phi) is 4.69. The highest BCUT2D eigenvalue weighted by molar-refractivity contribution is 4.76. The molecular formula is C9H20O2. The maximum Gasteiger partial charge on any atom is 0.0645 e. The zero-order chi connectivity index (χ0) is 8.91. The summed E-state index contributed by atoms with van der Waals surface area (Å²) >= 11 is 0. The first-order valence-electron chi connectivity index (χ1n) is 4.31. The van der Waals surface area contributed by atoms with Crippen molar-refractivity contribution in [3.63, 3.8) is 0 Å². The highest BCUT2D eigenvalue weighted by Crippen LogP contribution is 2.24. The maximum absolute atomic E-state index is 9.04. The SMILES string of the molecule is CCOC(CC)C(C)(C)CO. The molecule has 0 bridgehead atoms. The Balaban J connectivity index is 3.99. The highest BCUT2D eigenvalue weighted by Gasteiger charge is 2.27. The summed E-state index contributed by atoms with van der Waals surface area (Å²) in [6, 6.07) is 0. The molecule has 1 unspecified atom stereocenters. The quantitative estimate of drug-likeness (QED) is 0.664. The van der Waals surface area contributed by atoms with Gasteiger partial charge in [0.2, 0.25) is 0 Å². The lowest BCUT2D eigenvalue weighted by atomic mass is 9.86. The molecule has 2 heteroatoms. The van der Waals surface area contributed by atoms with Crippen molar-refractivity contribution in [2.75, 3.05) is 13.2 Å². The van der Waals surface area contributed by atoms with Crippen LogP contribution in [0, 0.1) is 5.41 Å². The summed E-state index contributed by atoms with van der Waals surface area (Å²) in [7, 11) is 0. The number of aliphatic hydroxyl groups excluding tert-OH is 1. The van der Waals surface area contributed by atoms with E-state index in [1.165, 1.54) is 0 Å². The predicted octanol–water partition coefficient (Wildman–Crippen LogP) is 1.82. The zero-order valence-electron chi connectivity index (χ0n) is 8.05. The molecule has 0 rings (SSSR count). The van der Waals surface area contributed by atoms with Crippen molar-refractivity contribution >= 4 is 0 Å². The second-order valence-electron chi connectivity index (χ2n) is 3.50. The van der Waals surface area contributed by atoms with Gasteiger partial charge in [-0.2, -0.15) is 0 Å². The first-order valence-corrected chi connectivity index (χ1v) is 4.31. The van der Waals surface area contributed by atoms with Gasteiger partial charge < -0.3 is 9.84 Å². The van der Waals surface area contributed by atoms with Crippen LogP contribution in [0.4, 0.5) is 0 Å². The van der Waals surface area contributed by atoms with Crippen LogP contribution in [-0.2, 0) is 4.74 Å². The molecular weight excluding hydrogens is 140 g/mol. The van der Waals surface area contributed by atoms with Crippen molar-refractivity contribution < 1.29 is 9.84 Å². The van der Waals surface area contributed by atoms with Crippen LogP contribution in [0.25, 0.3) is 0 Å². The topological polar surface area (TPSA) is 29.5 Å². The average molecular weight is 160 g/mol. The number of rotatable bonds is 5. The zero-order valence-corrected chi connectivity index (χ0v) is 8.05. The average Bonchev–Trinajstić information content (AvgIpc) is 2.00. The summed E-state index contributed by atoms with van der Waals surface area (Å²) in [6.45, 7) is 9.02. The fourth-order valence-corrected chi connectivity index (χ4v) is 1.20. The molecule has 0 amide bonds. The molecule has 0 heterocycles. The summed E-state index contributed by atoms with van der Waals surface area (Å²) in [6.07, 6.45) is 1.14. The van der Waals surface area contributed by atoms with Gasteiger partial charge in [-0.05, 0) is 13.3 Å². The van der Waals surface area contributed by atoms with E-state index in [1.807, 2.05) is 20.8 Å². The van der Waals surface area contributed by atoms with Gasteiger partial charge in [0, 0.05) is 12.0 Å². The lowest BCUT2D eigenvalue weighted by Crippen LogP contribution is -2.34. The van der Waals surface area contributed by atoms with Crippen molar-refractivity contribution in [2.24, 2.45) is 5.41 Å². The Hall–Kier alpha value is -0.0800. The third kappa shape index (κ3) is 3.21. The van der Waals surface area contributed by atoms with E-state index in [-0.39, 0.29) is 18.1 Å². The third-order valence-electron chi connectivity index (χ3n) is 2.02. The number of aliphatic hydroxyl groups is 1. The van der Waals surface area contributed by atoms with Gasteiger partial charge in [-0.3, -0.25) is 0 Å². The van der Waals surface area contributed by atoms with Gasteiger partial charge in [0.25, 0.3) is 0 Å². The molecule has 11 heavy (non-hydrogen) atoms. The molecule has 0 aliphatic rings. The van der Waals surface area contributed by atoms with Crippen LogP contribution in [-0.4, -0.2) is 24.4 Å². The Morgan fingerprint density at radius 1 is 1.36 bits per heavy atom. The lowest BCUT2D eigenvalue weighted by Gasteiger charge is -2.31. The van der Waals surface area contributed by atoms with Crippen LogP contribution >= 0.6 is 0 Å². The molecule has 0 saturated heterocycles. The molecule has 0 aliphatic heterocycles. The normalized spacial score (nSPS) is 15.0. The van der Waals surface area contributed by atoms with Crippen LogP contribution in [0.1, 0.15) is 34.1 Å². The van der Waals surface area contributed by atoms with E-state index in [1.54, 1.807) is 0 Å². The van der Waals surface area contributed by atoms with Crippen molar-refractivity contribution in [2.45, 2.75) is 40.2 Å². The molecule has 0 saturated carbocycles. The van der Waals surface area contributed by atoms with Gasteiger partial charge in [0.15, 0.2) is 0 Å². The first kappa shape index (κ1) is 10.9. The second-order valence-corrected chi connectivity index (χ2v) is 3.50. The van der Waals surface area contributed by atoms with Crippen LogP contribution < -0.4 is 0 Å². The van der Waals surface area contributed by atoms with Crippen LogP contribution in [0.5, 0.6) is 0 Å². The van der Waals surface area contributed by atoms with Crippen LogP contribution in [0.2, 0.25) is 0 Å². The Morgan fingerprint density at radius 3 is 2.18 bits per heavy atom. The molecule has 68 valence electrons. The molecule has 0 radical (unpaired) electrons. The second kappa shape index (κ2) is 4.73. The largest absolute Gasteiger partial charge is 0.396 e. The fraction of sp³-hybridized carbons (Fsp3) is 1.00. The summed E-state index contributed by atoms with van der Waals surface area (Å²) in [5, 5.41) is 9.04. The van der Waals surface area contributed by atoms with Gasteiger partial charge in [0.1, 0.15) is 0 Å². The number of hydrogen-bond donors (Lipinski definition) is 1. The van der Waals surface area contributed by atoms with Crippen molar-refractivity contribution in [3.8, 4) is 0 Å². The minimum atomic E-state index is -0.106. The van der Waals surface area contributed by atoms with E-state index in [0.717, 1.165) is 13.0 Å². The van der Waals surface area contributed by atoms with E-state index in [2.05, 4.69) is 6.92 Å². The van der Waals surface area contributed by atoms with Gasteiger partial charge in [-0.1, -0.05) is 20.8 Å². The summed E-state index contributed by atoms with van der Waals surface area (Å²) < 4.78 is 5.49. The van der Waals surface area contributed by atoms with Gasteiger partial charge in [-0.25, -0.2) is 0 Å². The number of ether oxygens (including phenoxy) is 1. The van der Waals surface area contributed by atoms with Crippen molar-refractivity contribution in [1.29, 1.82) is 0 Å². The highest BCUT2D eigenvalue weighted by atomic mass is 16.5. The third-order valence-corrected chi connectivity index (χ3v) is 2.02.